The summed E-state index contributed by atoms with van der Waals surface area (Å²) in [7, 11) is 0. The summed E-state index contributed by atoms with van der Waals surface area (Å²) in [5.74, 6) is -1.31. The van der Waals surface area contributed by atoms with Gasteiger partial charge in [0.15, 0.2) is 0 Å². The Morgan fingerprint density at radius 3 is 3.09 bits per heavy atom. The zero-order chi connectivity index (χ0) is 16.2. The minimum absolute atomic E-state index is 0.00374. The lowest BCUT2D eigenvalue weighted by Crippen LogP contribution is -2.40. The van der Waals surface area contributed by atoms with Gasteiger partial charge in [0.2, 0.25) is 5.91 Å². The Bertz CT molecular complexity index is 668. The molecule has 122 valence electrons. The van der Waals surface area contributed by atoms with E-state index in [0.29, 0.717) is 13.1 Å². The number of nitrogens with zero attached hydrogens (tertiary/aromatic N) is 1. The molecule has 4 atom stereocenters. The van der Waals surface area contributed by atoms with E-state index in [1.807, 2.05) is 43.5 Å². The normalized spacial score (nSPS) is 34.5. The van der Waals surface area contributed by atoms with Gasteiger partial charge in [-0.25, -0.2) is 0 Å². The quantitative estimate of drug-likeness (QED) is 0.624. The van der Waals surface area contributed by atoms with Gasteiger partial charge in [-0.1, -0.05) is 18.2 Å². The van der Waals surface area contributed by atoms with Gasteiger partial charge in [0.1, 0.15) is 11.5 Å². The van der Waals surface area contributed by atoms with Crippen molar-refractivity contribution in [3.63, 3.8) is 0 Å². The molecule has 3 aliphatic heterocycles. The number of thiophene rings is 1. The number of carbonyl (C=O) groups excluding carboxylic acids is 2. The SMILES string of the molecule is CC(C)OC(=O)C1[C@H]2C(=O)N(Cc3cccs3)C[C@]23C=C[C@H]1O3. The average molecular weight is 333 g/mol. The van der Waals surface area contributed by atoms with Gasteiger partial charge in [0.25, 0.3) is 0 Å². The molecule has 0 radical (unpaired) electrons. The monoisotopic (exact) mass is 333 g/mol. The molecule has 4 rings (SSSR count). The third-order valence-electron chi connectivity index (χ3n) is 4.73. The van der Waals surface area contributed by atoms with E-state index >= 15 is 0 Å². The van der Waals surface area contributed by atoms with Crippen LogP contribution in [0.3, 0.4) is 0 Å². The van der Waals surface area contributed by atoms with Crippen LogP contribution in [0, 0.1) is 11.8 Å². The van der Waals surface area contributed by atoms with E-state index in [2.05, 4.69) is 0 Å². The van der Waals surface area contributed by atoms with Gasteiger partial charge in [0.05, 0.1) is 31.2 Å². The van der Waals surface area contributed by atoms with Crippen molar-refractivity contribution in [2.24, 2.45) is 11.8 Å². The number of fused-ring (bicyclic) bond motifs is 1. The maximum Gasteiger partial charge on any atom is 0.313 e. The third kappa shape index (κ3) is 2.23. The molecule has 1 aromatic rings. The molecule has 1 aromatic heterocycles. The fourth-order valence-electron chi connectivity index (χ4n) is 3.88. The van der Waals surface area contributed by atoms with Crippen LogP contribution in [0.25, 0.3) is 0 Å². The summed E-state index contributed by atoms with van der Waals surface area (Å²) in [5, 5.41) is 2.00. The van der Waals surface area contributed by atoms with Crippen molar-refractivity contribution in [3.05, 3.63) is 34.5 Å². The molecule has 1 amide bonds. The lowest BCUT2D eigenvalue weighted by Gasteiger charge is -2.23. The molecule has 3 aliphatic rings. The van der Waals surface area contributed by atoms with E-state index in [0.717, 1.165) is 4.88 Å². The first-order valence-corrected chi connectivity index (χ1v) is 8.77. The van der Waals surface area contributed by atoms with Crippen molar-refractivity contribution < 1.29 is 19.1 Å². The second-order valence-corrected chi connectivity index (χ2v) is 7.69. The Morgan fingerprint density at radius 2 is 2.39 bits per heavy atom. The number of rotatable bonds is 4. The van der Waals surface area contributed by atoms with Crippen molar-refractivity contribution in [2.75, 3.05) is 6.54 Å². The largest absolute Gasteiger partial charge is 0.463 e. The Kier molecular flexibility index (Phi) is 3.35. The fourth-order valence-corrected chi connectivity index (χ4v) is 4.60. The average Bonchev–Trinajstić information content (AvgIpc) is 3.21. The summed E-state index contributed by atoms with van der Waals surface area (Å²) < 4.78 is 11.4. The van der Waals surface area contributed by atoms with Crippen molar-refractivity contribution in [1.29, 1.82) is 0 Å². The number of carbonyl (C=O) groups is 2. The highest BCUT2D eigenvalue weighted by molar-refractivity contribution is 7.09. The lowest BCUT2D eigenvalue weighted by molar-refractivity contribution is -0.157. The maximum absolute atomic E-state index is 12.9. The summed E-state index contributed by atoms with van der Waals surface area (Å²) in [6, 6.07) is 3.99. The van der Waals surface area contributed by atoms with E-state index < -0.39 is 17.4 Å². The Labute approximate surface area is 138 Å². The van der Waals surface area contributed by atoms with Crippen LogP contribution in [0.4, 0.5) is 0 Å². The minimum Gasteiger partial charge on any atom is -0.463 e. The highest BCUT2D eigenvalue weighted by Gasteiger charge is 2.67. The van der Waals surface area contributed by atoms with Crippen molar-refractivity contribution in [2.45, 2.75) is 38.2 Å². The summed E-state index contributed by atoms with van der Waals surface area (Å²) in [4.78, 5) is 28.3. The minimum atomic E-state index is -0.653. The Morgan fingerprint density at radius 1 is 1.57 bits per heavy atom. The number of likely N-dealkylation sites (tertiary alicyclic amines) is 1. The third-order valence-corrected chi connectivity index (χ3v) is 5.59. The highest BCUT2D eigenvalue weighted by atomic mass is 32.1. The van der Waals surface area contributed by atoms with Gasteiger partial charge in [-0.05, 0) is 25.3 Å². The molecule has 2 saturated heterocycles. The van der Waals surface area contributed by atoms with E-state index in [1.54, 1.807) is 16.2 Å². The smallest absolute Gasteiger partial charge is 0.313 e. The molecule has 6 heteroatoms. The molecule has 1 unspecified atom stereocenters. The topological polar surface area (TPSA) is 55.8 Å². The van der Waals surface area contributed by atoms with Gasteiger partial charge < -0.3 is 14.4 Å². The van der Waals surface area contributed by atoms with Crippen LogP contribution in [0.5, 0.6) is 0 Å². The van der Waals surface area contributed by atoms with Crippen molar-refractivity contribution in [1.82, 2.24) is 4.90 Å². The molecule has 1 spiro atoms. The molecule has 0 aliphatic carbocycles. The number of amides is 1. The first kappa shape index (κ1) is 14.9. The maximum atomic E-state index is 12.9. The highest BCUT2D eigenvalue weighted by Crippen LogP contribution is 2.52. The van der Waals surface area contributed by atoms with Crippen LogP contribution in [0.1, 0.15) is 18.7 Å². The van der Waals surface area contributed by atoms with Gasteiger partial charge >= 0.3 is 5.97 Å². The molecule has 2 fully saturated rings. The van der Waals surface area contributed by atoms with E-state index in [9.17, 15) is 9.59 Å². The van der Waals surface area contributed by atoms with Gasteiger partial charge in [0, 0.05) is 4.88 Å². The number of esters is 1. The number of hydrogen-bond donors (Lipinski definition) is 0. The standard InChI is InChI=1S/C17H19NO4S/c1-10(2)21-16(20)13-12-5-6-17(22-12)9-18(15(19)14(13)17)8-11-4-3-7-23-11/h3-7,10,12-14H,8-9H2,1-2H3/t12-,13?,14+,17-/m1/s1. The molecule has 2 bridgehead atoms. The zero-order valence-corrected chi connectivity index (χ0v) is 13.9. The van der Waals surface area contributed by atoms with Crippen LogP contribution in [-0.2, 0) is 25.6 Å². The van der Waals surface area contributed by atoms with Gasteiger partial charge in [-0.3, -0.25) is 9.59 Å². The summed E-state index contributed by atoms with van der Waals surface area (Å²) in [6.45, 7) is 4.71. The second kappa shape index (κ2) is 5.18. The second-order valence-electron chi connectivity index (χ2n) is 6.66. The molecular formula is C17H19NO4S. The van der Waals surface area contributed by atoms with E-state index in [1.165, 1.54) is 0 Å². The Hall–Kier alpha value is -1.66. The number of ether oxygens (including phenoxy) is 2. The van der Waals surface area contributed by atoms with Crippen molar-refractivity contribution >= 4 is 23.2 Å². The molecular weight excluding hydrogens is 314 g/mol. The summed E-state index contributed by atoms with van der Waals surface area (Å²) >= 11 is 1.63. The van der Waals surface area contributed by atoms with E-state index in [4.69, 9.17) is 9.47 Å². The zero-order valence-electron chi connectivity index (χ0n) is 13.1. The lowest BCUT2D eigenvalue weighted by atomic mass is 9.77. The number of hydrogen-bond acceptors (Lipinski definition) is 5. The molecule has 23 heavy (non-hydrogen) atoms. The van der Waals surface area contributed by atoms with Crippen LogP contribution >= 0.6 is 11.3 Å². The fraction of sp³-hybridized carbons (Fsp3) is 0.529. The predicted octanol–water partition coefficient (Wildman–Crippen LogP) is 1.98. The molecule has 0 aromatic carbocycles. The summed E-state index contributed by atoms with van der Waals surface area (Å²) in [6.07, 6.45) is 3.35. The van der Waals surface area contributed by atoms with Gasteiger partial charge in [-0.15, -0.1) is 11.3 Å². The predicted molar refractivity (Wildman–Crippen MR) is 84.7 cm³/mol. The van der Waals surface area contributed by atoms with Crippen molar-refractivity contribution in [3.8, 4) is 0 Å². The Balaban J connectivity index is 1.59. The van der Waals surface area contributed by atoms with E-state index in [-0.39, 0.29) is 24.1 Å². The molecule has 4 heterocycles. The van der Waals surface area contributed by atoms with Crippen LogP contribution in [0.2, 0.25) is 0 Å². The first-order chi connectivity index (χ1) is 11.0. The van der Waals surface area contributed by atoms with Crippen LogP contribution in [-0.4, -0.2) is 41.1 Å². The van der Waals surface area contributed by atoms with Gasteiger partial charge in [-0.2, -0.15) is 0 Å². The molecule has 5 nitrogen and oxygen atoms in total. The molecule has 0 N–H and O–H groups in total. The first-order valence-electron chi connectivity index (χ1n) is 7.89. The van der Waals surface area contributed by atoms with Crippen LogP contribution < -0.4 is 0 Å². The van der Waals surface area contributed by atoms with Crippen LogP contribution in [0.15, 0.2) is 29.7 Å². The molecule has 0 saturated carbocycles. The summed E-state index contributed by atoms with van der Waals surface area (Å²) in [5.41, 5.74) is -0.653.